The second-order valence-electron chi connectivity index (χ2n) is 5.64. The quantitative estimate of drug-likeness (QED) is 0.948. The molecule has 118 valence electrons. The van der Waals surface area contributed by atoms with E-state index in [1.807, 2.05) is 43.3 Å². The largest absolute Gasteiger partial charge is 0.482 e. The molecule has 1 heterocycles. The predicted octanol–water partition coefficient (Wildman–Crippen LogP) is 2.53. The van der Waals surface area contributed by atoms with Gasteiger partial charge in [-0.1, -0.05) is 18.2 Å². The zero-order valence-corrected chi connectivity index (χ0v) is 13.1. The highest BCUT2D eigenvalue weighted by atomic mass is 16.5. The number of fused-ring (bicyclic) bond motifs is 1. The molecule has 0 saturated heterocycles. The summed E-state index contributed by atoms with van der Waals surface area (Å²) in [5.74, 6) is 0.468. The number of carbonyl (C=O) groups is 2. The Morgan fingerprint density at radius 3 is 2.87 bits per heavy atom. The number of likely N-dealkylation sites (N-methyl/N-ethyl adjacent to an activating group) is 1. The minimum Gasteiger partial charge on any atom is -0.482 e. The molecule has 0 fully saturated rings. The molecule has 1 aliphatic rings. The van der Waals surface area contributed by atoms with Gasteiger partial charge < -0.3 is 15.0 Å². The van der Waals surface area contributed by atoms with Crippen LogP contribution in [-0.4, -0.2) is 25.5 Å². The van der Waals surface area contributed by atoms with Crippen molar-refractivity contribution in [3.8, 4) is 5.75 Å². The third-order valence-electron chi connectivity index (χ3n) is 3.78. The average Bonchev–Trinajstić information content (AvgIpc) is 2.51. The lowest BCUT2D eigenvalue weighted by Gasteiger charge is -2.26. The fourth-order valence-corrected chi connectivity index (χ4v) is 2.54. The zero-order valence-electron chi connectivity index (χ0n) is 13.1. The van der Waals surface area contributed by atoms with Crippen LogP contribution in [0.25, 0.3) is 0 Å². The third kappa shape index (κ3) is 3.34. The average molecular weight is 310 g/mol. The van der Waals surface area contributed by atoms with Gasteiger partial charge in [0.15, 0.2) is 6.61 Å². The Hall–Kier alpha value is -2.82. The van der Waals surface area contributed by atoms with Crippen molar-refractivity contribution in [1.82, 2.24) is 0 Å². The summed E-state index contributed by atoms with van der Waals surface area (Å²) < 4.78 is 5.38. The molecular weight excluding hydrogens is 292 g/mol. The Labute approximate surface area is 134 Å². The monoisotopic (exact) mass is 310 g/mol. The van der Waals surface area contributed by atoms with Crippen molar-refractivity contribution in [3.63, 3.8) is 0 Å². The number of ether oxygens (including phenoxy) is 1. The van der Waals surface area contributed by atoms with E-state index in [9.17, 15) is 9.59 Å². The number of rotatable bonds is 3. The van der Waals surface area contributed by atoms with Crippen LogP contribution in [0, 0.1) is 6.92 Å². The van der Waals surface area contributed by atoms with Crippen LogP contribution in [0.3, 0.4) is 0 Å². The summed E-state index contributed by atoms with van der Waals surface area (Å²) in [6.07, 6.45) is 0.239. The molecule has 0 bridgehead atoms. The maximum Gasteiger partial charge on any atom is 0.264 e. The smallest absolute Gasteiger partial charge is 0.264 e. The van der Waals surface area contributed by atoms with Crippen molar-refractivity contribution in [2.45, 2.75) is 13.3 Å². The number of nitrogens with one attached hydrogen (secondary N) is 1. The van der Waals surface area contributed by atoms with E-state index in [0.29, 0.717) is 11.4 Å². The van der Waals surface area contributed by atoms with Gasteiger partial charge in [0, 0.05) is 12.7 Å². The molecule has 0 spiro atoms. The van der Waals surface area contributed by atoms with Gasteiger partial charge in [-0.05, 0) is 42.3 Å². The lowest BCUT2D eigenvalue weighted by molar-refractivity contribution is -0.121. The van der Waals surface area contributed by atoms with Crippen LogP contribution in [0.15, 0.2) is 42.5 Å². The summed E-state index contributed by atoms with van der Waals surface area (Å²) in [6.45, 7) is 2.03. The Bertz CT molecular complexity index is 771. The molecule has 0 aromatic heterocycles. The summed E-state index contributed by atoms with van der Waals surface area (Å²) in [7, 11) is 1.71. The van der Waals surface area contributed by atoms with Crippen LogP contribution in [0.1, 0.15) is 11.1 Å². The number of carbonyl (C=O) groups excluding carboxylic acids is 2. The van der Waals surface area contributed by atoms with E-state index in [1.54, 1.807) is 18.0 Å². The highest BCUT2D eigenvalue weighted by Crippen LogP contribution is 2.32. The molecule has 3 rings (SSSR count). The first kappa shape index (κ1) is 15.1. The van der Waals surface area contributed by atoms with Gasteiger partial charge in [-0.3, -0.25) is 9.59 Å². The molecular formula is C18H18N2O3. The number of amides is 2. The first-order valence-electron chi connectivity index (χ1n) is 7.42. The van der Waals surface area contributed by atoms with Gasteiger partial charge in [0.25, 0.3) is 5.91 Å². The summed E-state index contributed by atoms with van der Waals surface area (Å²) in [5, 5.41) is 2.88. The van der Waals surface area contributed by atoms with Crippen molar-refractivity contribution in [3.05, 3.63) is 53.6 Å². The summed E-state index contributed by atoms with van der Waals surface area (Å²) in [5.41, 5.74) is 3.40. The van der Waals surface area contributed by atoms with Crippen LogP contribution in [0.4, 0.5) is 11.4 Å². The van der Waals surface area contributed by atoms with Gasteiger partial charge in [0.05, 0.1) is 12.1 Å². The van der Waals surface area contributed by atoms with Crippen LogP contribution in [-0.2, 0) is 16.0 Å². The molecule has 0 aliphatic carbocycles. The second-order valence-corrected chi connectivity index (χ2v) is 5.64. The molecule has 5 heteroatoms. The minimum atomic E-state index is -0.0983. The molecule has 0 unspecified atom stereocenters. The highest BCUT2D eigenvalue weighted by molar-refractivity contribution is 5.98. The van der Waals surface area contributed by atoms with Crippen LogP contribution < -0.4 is 15.0 Å². The number of aryl methyl sites for hydroxylation is 1. The Morgan fingerprint density at radius 2 is 2.09 bits per heavy atom. The topological polar surface area (TPSA) is 58.6 Å². The minimum absolute atomic E-state index is 0.0523. The van der Waals surface area contributed by atoms with Crippen LogP contribution in [0.2, 0.25) is 0 Å². The number of hydrogen-bond donors (Lipinski definition) is 1. The fourth-order valence-electron chi connectivity index (χ4n) is 2.54. The highest BCUT2D eigenvalue weighted by Gasteiger charge is 2.22. The lowest BCUT2D eigenvalue weighted by atomic mass is 10.1. The Kier molecular flexibility index (Phi) is 4.02. The fraction of sp³-hybridized carbons (Fsp3) is 0.222. The molecule has 0 atom stereocenters. The van der Waals surface area contributed by atoms with Crippen molar-refractivity contribution in [1.29, 1.82) is 0 Å². The van der Waals surface area contributed by atoms with Crippen LogP contribution >= 0.6 is 0 Å². The van der Waals surface area contributed by atoms with E-state index in [4.69, 9.17) is 4.74 Å². The normalized spacial score (nSPS) is 13.3. The molecule has 2 amide bonds. The van der Waals surface area contributed by atoms with E-state index >= 15 is 0 Å². The number of anilines is 2. The van der Waals surface area contributed by atoms with Crippen molar-refractivity contribution < 1.29 is 14.3 Å². The number of nitrogens with zero attached hydrogens (tertiary/aromatic N) is 1. The second kappa shape index (κ2) is 6.12. The van der Waals surface area contributed by atoms with Gasteiger partial charge >= 0.3 is 0 Å². The molecule has 0 saturated carbocycles. The third-order valence-corrected chi connectivity index (χ3v) is 3.78. The molecule has 5 nitrogen and oxygen atoms in total. The first-order valence-corrected chi connectivity index (χ1v) is 7.42. The Balaban J connectivity index is 1.73. The molecule has 2 aromatic carbocycles. The van der Waals surface area contributed by atoms with Crippen molar-refractivity contribution in [2.24, 2.45) is 0 Å². The number of benzene rings is 2. The van der Waals surface area contributed by atoms with E-state index in [2.05, 4.69) is 5.32 Å². The predicted molar refractivity (Wildman–Crippen MR) is 88.9 cm³/mol. The van der Waals surface area contributed by atoms with Gasteiger partial charge in [-0.15, -0.1) is 0 Å². The van der Waals surface area contributed by atoms with Gasteiger partial charge in [0.1, 0.15) is 5.75 Å². The maximum atomic E-state index is 12.2. The molecule has 2 aromatic rings. The maximum absolute atomic E-state index is 12.2. The molecule has 1 N–H and O–H groups in total. The van der Waals surface area contributed by atoms with Gasteiger partial charge in [-0.25, -0.2) is 0 Å². The van der Waals surface area contributed by atoms with E-state index < -0.39 is 0 Å². The standard InChI is InChI=1S/C18H18N2O3/c1-12-4-3-5-14(8-12)19-17(21)10-13-6-7-16-15(9-13)20(2)18(22)11-23-16/h3-9H,10-11H2,1-2H3,(H,19,21). The van der Waals surface area contributed by atoms with Gasteiger partial charge in [0.2, 0.25) is 5.91 Å². The van der Waals surface area contributed by atoms with Crippen molar-refractivity contribution in [2.75, 3.05) is 23.9 Å². The first-order chi connectivity index (χ1) is 11.0. The zero-order chi connectivity index (χ0) is 16.4. The van der Waals surface area contributed by atoms with Crippen molar-refractivity contribution >= 4 is 23.2 Å². The SMILES string of the molecule is Cc1cccc(NC(=O)Cc2ccc3c(c2)N(C)C(=O)CO3)c1. The summed E-state index contributed by atoms with van der Waals surface area (Å²) in [4.78, 5) is 25.4. The molecule has 23 heavy (non-hydrogen) atoms. The number of hydrogen-bond acceptors (Lipinski definition) is 3. The van der Waals surface area contributed by atoms with E-state index in [0.717, 1.165) is 16.8 Å². The summed E-state index contributed by atoms with van der Waals surface area (Å²) >= 11 is 0. The van der Waals surface area contributed by atoms with Gasteiger partial charge in [-0.2, -0.15) is 0 Å². The Morgan fingerprint density at radius 1 is 1.26 bits per heavy atom. The van der Waals surface area contributed by atoms with E-state index in [-0.39, 0.29) is 24.8 Å². The van der Waals surface area contributed by atoms with E-state index in [1.165, 1.54) is 0 Å². The molecule has 1 aliphatic heterocycles. The molecule has 0 radical (unpaired) electrons. The van der Waals surface area contributed by atoms with Crippen LogP contribution in [0.5, 0.6) is 5.75 Å². The lowest BCUT2D eigenvalue weighted by Crippen LogP contribution is -2.35. The summed E-state index contributed by atoms with van der Waals surface area (Å²) in [6, 6.07) is 13.1.